The molecule has 1 aliphatic carbocycles. The minimum Gasteiger partial charge on any atom is -0.546 e. The van der Waals surface area contributed by atoms with Crippen molar-refractivity contribution in [3.05, 3.63) is 96.1 Å². The first kappa shape index (κ1) is 35.8. The van der Waals surface area contributed by atoms with Crippen LogP contribution in [0.3, 0.4) is 0 Å². The van der Waals surface area contributed by atoms with Crippen LogP contribution < -0.4 is 5.32 Å². The van der Waals surface area contributed by atoms with Gasteiger partial charge in [-0.15, -0.1) is 0 Å². The van der Waals surface area contributed by atoms with E-state index in [-0.39, 0.29) is 16.1 Å². The summed E-state index contributed by atoms with van der Waals surface area (Å²) in [6.45, 7) is 24.8. The van der Waals surface area contributed by atoms with Crippen molar-refractivity contribution in [3.63, 3.8) is 0 Å². The molecule has 0 aliphatic heterocycles. The van der Waals surface area contributed by atoms with Crippen molar-refractivity contribution in [1.82, 2.24) is 19.5 Å². The molecule has 4 aromatic rings. The fraction of sp³-hybridized carbons (Fsp3) is 0.378. The molecule has 49 heavy (non-hydrogen) atoms. The Morgan fingerprint density at radius 1 is 0.980 bits per heavy atom. The van der Waals surface area contributed by atoms with Gasteiger partial charge in [0.15, 0.2) is 10.8 Å². The van der Waals surface area contributed by atoms with Crippen LogP contribution in [-0.4, -0.2) is 51.6 Å². The summed E-state index contributed by atoms with van der Waals surface area (Å²) in [5.74, 6) is -0.518. The summed E-state index contributed by atoms with van der Waals surface area (Å²) in [7, 11) is -2.31. The molecule has 0 unspecified atom stereocenters. The predicted molar refractivity (Wildman–Crippen MR) is 195 cm³/mol. The van der Waals surface area contributed by atoms with Crippen LogP contribution in [-0.2, 0) is 13.9 Å². The Bertz CT molecular complexity index is 1890. The summed E-state index contributed by atoms with van der Waals surface area (Å²) in [4.78, 5) is 39.4. The second-order valence-corrected chi connectivity index (χ2v) is 19.9. The van der Waals surface area contributed by atoms with Crippen LogP contribution in [0, 0.1) is 5.92 Å². The number of nitrogens with one attached hydrogen (secondary N) is 1. The van der Waals surface area contributed by atoms with E-state index < -0.39 is 44.0 Å². The average Bonchev–Trinajstić information content (AvgIpc) is 3.56. The molecule has 2 aromatic carbocycles. The number of hydrogen-bond acceptors (Lipinski definition) is 8. The van der Waals surface area contributed by atoms with Crippen molar-refractivity contribution >= 4 is 49.1 Å². The molecular formula is C37H44ClN5O5Si. The number of ether oxygens (including phenoxy) is 2. The molecule has 10 nitrogen and oxygen atoms in total. The van der Waals surface area contributed by atoms with Gasteiger partial charge in [0.1, 0.15) is 17.2 Å². The number of amides is 1. The average molecular weight is 702 g/mol. The number of carbonyl (C=O) groups is 2. The summed E-state index contributed by atoms with van der Waals surface area (Å²) < 4.78 is 20.1. The lowest BCUT2D eigenvalue weighted by Gasteiger charge is -2.39. The number of halogens is 1. The second kappa shape index (κ2) is 13.4. The molecule has 1 saturated carbocycles. The monoisotopic (exact) mass is 701 g/mol. The van der Waals surface area contributed by atoms with E-state index >= 15 is 0 Å². The molecule has 1 amide bonds. The first-order valence-electron chi connectivity index (χ1n) is 16.2. The zero-order chi connectivity index (χ0) is 35.9. The number of rotatable bonds is 8. The maximum absolute atomic E-state index is 13.6. The van der Waals surface area contributed by atoms with E-state index in [1.54, 1.807) is 43.8 Å². The highest BCUT2D eigenvalue weighted by molar-refractivity contribution is 6.74. The standard InChI is InChI=1S/C37H44ClN5O5Si/c1-22-27(43-21-39-30-31(38)40-34(41-32(30)43)42-35(45)47-36(3,4)5)20-28(29(22)23(2)48-49(9,10)37(6,7)8)46-33(44)26-18-16-25(17-19-26)24-14-12-11-13-15-24/h11-19,21,27-29H,1-2,20H2,3-10H3,(H,40,41,42,45)/t27-,28-,29+/m0/s1. The molecule has 0 radical (unpaired) electrons. The molecule has 1 aliphatic rings. The van der Waals surface area contributed by atoms with Gasteiger partial charge in [-0.1, -0.05) is 88.0 Å². The number of imidazole rings is 1. The van der Waals surface area contributed by atoms with Crippen molar-refractivity contribution in [2.45, 2.75) is 83.8 Å². The highest BCUT2D eigenvalue weighted by Gasteiger charge is 2.47. The highest BCUT2D eigenvalue weighted by atomic mass is 35.5. The minimum atomic E-state index is -2.31. The number of fused-ring (bicyclic) bond motifs is 1. The molecule has 5 rings (SSSR count). The lowest BCUT2D eigenvalue weighted by Crippen LogP contribution is -2.42. The highest BCUT2D eigenvalue weighted by Crippen LogP contribution is 2.48. The second-order valence-electron chi connectivity index (χ2n) is 14.8. The molecule has 0 bridgehead atoms. The number of esters is 1. The van der Waals surface area contributed by atoms with Crippen LogP contribution >= 0.6 is 11.6 Å². The Morgan fingerprint density at radius 3 is 2.22 bits per heavy atom. The number of nitrogens with zero attached hydrogens (tertiary/aromatic N) is 4. The van der Waals surface area contributed by atoms with Crippen LogP contribution in [0.4, 0.5) is 10.7 Å². The Balaban J connectivity index is 1.46. The molecular weight excluding hydrogens is 658 g/mol. The van der Waals surface area contributed by atoms with E-state index in [1.807, 2.05) is 42.5 Å². The fourth-order valence-corrected chi connectivity index (χ4v) is 6.82. The van der Waals surface area contributed by atoms with Crippen LogP contribution in [0.2, 0.25) is 23.3 Å². The Labute approximate surface area is 293 Å². The van der Waals surface area contributed by atoms with E-state index in [1.165, 1.54) is 0 Å². The topological polar surface area (TPSA) is 117 Å². The molecule has 0 saturated heterocycles. The first-order chi connectivity index (χ1) is 22.8. The number of aromatic nitrogens is 4. The molecule has 1 N–H and O–H groups in total. The smallest absolute Gasteiger partial charge is 0.414 e. The maximum Gasteiger partial charge on any atom is 0.414 e. The van der Waals surface area contributed by atoms with Crippen molar-refractivity contribution in [2.24, 2.45) is 5.92 Å². The fourth-order valence-electron chi connectivity index (χ4n) is 5.52. The van der Waals surface area contributed by atoms with Gasteiger partial charge in [0, 0.05) is 6.42 Å². The van der Waals surface area contributed by atoms with Gasteiger partial charge in [-0.05, 0) is 67.7 Å². The van der Waals surface area contributed by atoms with Gasteiger partial charge in [-0.25, -0.2) is 14.6 Å². The Kier molecular flexibility index (Phi) is 9.82. The minimum absolute atomic E-state index is 0.0405. The quantitative estimate of drug-likeness (QED) is 0.0635. The largest absolute Gasteiger partial charge is 0.546 e. The van der Waals surface area contributed by atoms with E-state index in [2.05, 4.69) is 67.3 Å². The van der Waals surface area contributed by atoms with E-state index in [0.29, 0.717) is 28.9 Å². The van der Waals surface area contributed by atoms with Crippen LogP contribution in [0.25, 0.3) is 22.3 Å². The summed E-state index contributed by atoms with van der Waals surface area (Å²) in [5.41, 5.74) is 3.18. The molecule has 1 fully saturated rings. The molecule has 2 aromatic heterocycles. The van der Waals surface area contributed by atoms with Gasteiger partial charge in [-0.2, -0.15) is 9.97 Å². The third-order valence-electron chi connectivity index (χ3n) is 9.01. The number of carbonyl (C=O) groups excluding carboxylic acids is 2. The maximum atomic E-state index is 13.6. The lowest BCUT2D eigenvalue weighted by atomic mass is 9.99. The Morgan fingerprint density at radius 2 is 1.61 bits per heavy atom. The Hall–Kier alpha value is -4.48. The SMILES string of the molecule is C=C(O[Si](C)(C)C(C)(C)C)[C@H]1C(=C)[C@@H](n2cnc3c(Cl)nc(NC(=O)OC(C)(C)C)nc32)C[C@@H]1OC(=O)c1ccc(-c2ccccc2)cc1. The van der Waals surface area contributed by atoms with E-state index in [9.17, 15) is 9.59 Å². The van der Waals surface area contributed by atoms with Crippen LogP contribution in [0.1, 0.15) is 64.4 Å². The third kappa shape index (κ3) is 7.89. The lowest BCUT2D eigenvalue weighted by molar-refractivity contribution is 0.0221. The zero-order valence-electron chi connectivity index (χ0n) is 29.3. The van der Waals surface area contributed by atoms with Gasteiger partial charge < -0.3 is 18.5 Å². The number of hydrogen-bond donors (Lipinski definition) is 1. The molecule has 2 heterocycles. The van der Waals surface area contributed by atoms with Crippen molar-refractivity contribution in [1.29, 1.82) is 0 Å². The van der Waals surface area contributed by atoms with Gasteiger partial charge in [-0.3, -0.25) is 5.32 Å². The van der Waals surface area contributed by atoms with Gasteiger partial charge >= 0.3 is 12.1 Å². The van der Waals surface area contributed by atoms with Crippen LogP contribution in [0.15, 0.2) is 85.4 Å². The molecule has 3 atom stereocenters. The summed E-state index contributed by atoms with van der Waals surface area (Å²) >= 11 is 6.50. The van der Waals surface area contributed by atoms with Gasteiger partial charge in [0.2, 0.25) is 14.3 Å². The summed E-state index contributed by atoms with van der Waals surface area (Å²) in [6, 6.07) is 16.9. The van der Waals surface area contributed by atoms with Gasteiger partial charge in [0.05, 0.1) is 29.6 Å². The van der Waals surface area contributed by atoms with E-state index in [4.69, 9.17) is 25.5 Å². The number of anilines is 1. The van der Waals surface area contributed by atoms with Crippen molar-refractivity contribution < 1.29 is 23.5 Å². The van der Waals surface area contributed by atoms with Crippen LogP contribution in [0.5, 0.6) is 0 Å². The van der Waals surface area contributed by atoms with Gasteiger partial charge in [0.25, 0.3) is 0 Å². The molecule has 258 valence electrons. The van der Waals surface area contributed by atoms with E-state index in [0.717, 1.165) is 16.7 Å². The summed E-state index contributed by atoms with van der Waals surface area (Å²) in [5, 5.41) is 2.52. The van der Waals surface area contributed by atoms with Crippen molar-refractivity contribution in [2.75, 3.05) is 5.32 Å². The molecule has 0 spiro atoms. The molecule has 12 heteroatoms. The van der Waals surface area contributed by atoms with Crippen molar-refractivity contribution in [3.8, 4) is 11.1 Å². The first-order valence-corrected chi connectivity index (χ1v) is 19.5. The normalized spacial score (nSPS) is 18.3. The predicted octanol–water partition coefficient (Wildman–Crippen LogP) is 9.37. The summed E-state index contributed by atoms with van der Waals surface area (Å²) in [6.07, 6.45) is 0.575. The third-order valence-corrected chi connectivity index (χ3v) is 13.7. The number of benzene rings is 2. The zero-order valence-corrected chi connectivity index (χ0v) is 31.1.